The first-order valence-electron chi connectivity index (χ1n) is 4.69. The first kappa shape index (κ1) is 11.2. The molecule has 1 N–H and O–H groups in total. The average Bonchev–Trinajstić information content (AvgIpc) is 2.15. The van der Waals surface area contributed by atoms with Crippen molar-refractivity contribution in [2.75, 3.05) is 18.1 Å². The number of nitrogens with one attached hydrogen (secondary N) is 1. The summed E-state index contributed by atoms with van der Waals surface area (Å²) in [7, 11) is 0. The van der Waals surface area contributed by atoms with E-state index in [0.717, 1.165) is 6.54 Å². The Morgan fingerprint density at radius 2 is 2.23 bits per heavy atom. The molecule has 1 aliphatic heterocycles. The number of carbonyl (C=O) groups excluding carboxylic acids is 1. The Morgan fingerprint density at radius 3 is 2.77 bits per heavy atom. The highest BCUT2D eigenvalue weighted by Gasteiger charge is 2.15. The standard InChI is InChI=1S/C9H16ClNOS/c1-7(10)9(12)11-6-8-2-4-13-5-3-8/h7-8H,2-6H2,1H3,(H,11,12). The quantitative estimate of drug-likeness (QED) is 0.738. The summed E-state index contributed by atoms with van der Waals surface area (Å²) in [4.78, 5) is 11.1. The summed E-state index contributed by atoms with van der Waals surface area (Å²) >= 11 is 7.63. The Morgan fingerprint density at radius 1 is 1.62 bits per heavy atom. The van der Waals surface area contributed by atoms with Crippen LogP contribution in [0.15, 0.2) is 0 Å². The Balaban J connectivity index is 2.13. The van der Waals surface area contributed by atoms with Gasteiger partial charge in [0.15, 0.2) is 0 Å². The first-order chi connectivity index (χ1) is 6.20. The van der Waals surface area contributed by atoms with Gasteiger partial charge in [0, 0.05) is 6.54 Å². The van der Waals surface area contributed by atoms with Gasteiger partial charge in [0.05, 0.1) is 0 Å². The van der Waals surface area contributed by atoms with Crippen LogP contribution in [-0.4, -0.2) is 29.3 Å². The molecule has 13 heavy (non-hydrogen) atoms. The van der Waals surface area contributed by atoms with E-state index in [1.54, 1.807) is 6.92 Å². The smallest absolute Gasteiger partial charge is 0.237 e. The van der Waals surface area contributed by atoms with Crippen molar-refractivity contribution < 1.29 is 4.79 Å². The molecule has 0 radical (unpaired) electrons. The highest BCUT2D eigenvalue weighted by molar-refractivity contribution is 7.99. The first-order valence-corrected chi connectivity index (χ1v) is 6.29. The topological polar surface area (TPSA) is 29.1 Å². The molecule has 0 saturated carbocycles. The molecule has 0 aliphatic carbocycles. The summed E-state index contributed by atoms with van der Waals surface area (Å²) in [6.07, 6.45) is 2.45. The van der Waals surface area contributed by atoms with Crippen LogP contribution in [0.1, 0.15) is 19.8 Å². The van der Waals surface area contributed by atoms with E-state index in [1.165, 1.54) is 24.3 Å². The molecule has 1 atom stereocenters. The van der Waals surface area contributed by atoms with Gasteiger partial charge in [-0.15, -0.1) is 11.6 Å². The number of amides is 1. The van der Waals surface area contributed by atoms with Crippen LogP contribution >= 0.6 is 23.4 Å². The van der Waals surface area contributed by atoms with Gasteiger partial charge in [-0.25, -0.2) is 0 Å². The van der Waals surface area contributed by atoms with Crippen LogP contribution in [-0.2, 0) is 4.79 Å². The van der Waals surface area contributed by atoms with Gasteiger partial charge in [0.25, 0.3) is 0 Å². The Hall–Kier alpha value is 0.110. The maximum atomic E-state index is 11.1. The highest BCUT2D eigenvalue weighted by Crippen LogP contribution is 2.21. The Bertz CT molecular complexity index is 169. The molecule has 4 heteroatoms. The van der Waals surface area contributed by atoms with E-state index in [4.69, 9.17) is 11.6 Å². The van der Waals surface area contributed by atoms with Gasteiger partial charge in [0.1, 0.15) is 5.38 Å². The molecule has 2 nitrogen and oxygen atoms in total. The van der Waals surface area contributed by atoms with Gasteiger partial charge >= 0.3 is 0 Å². The van der Waals surface area contributed by atoms with E-state index < -0.39 is 5.38 Å². The van der Waals surface area contributed by atoms with Crippen molar-refractivity contribution in [3.8, 4) is 0 Å². The van der Waals surface area contributed by atoms with Crippen molar-refractivity contribution in [2.24, 2.45) is 5.92 Å². The van der Waals surface area contributed by atoms with Crippen molar-refractivity contribution in [2.45, 2.75) is 25.1 Å². The van der Waals surface area contributed by atoms with Crippen LogP contribution < -0.4 is 5.32 Å². The molecule has 0 bridgehead atoms. The Labute approximate surface area is 88.8 Å². The lowest BCUT2D eigenvalue weighted by Gasteiger charge is -2.21. The second-order valence-corrected chi connectivity index (χ2v) is 5.30. The van der Waals surface area contributed by atoms with Crippen LogP contribution in [0.4, 0.5) is 0 Å². The predicted octanol–water partition coefficient (Wildman–Crippen LogP) is 1.87. The van der Waals surface area contributed by atoms with E-state index in [9.17, 15) is 4.79 Å². The van der Waals surface area contributed by atoms with E-state index in [0.29, 0.717) is 5.92 Å². The summed E-state index contributed by atoms with van der Waals surface area (Å²) in [5.74, 6) is 3.09. The van der Waals surface area contributed by atoms with Crippen molar-refractivity contribution in [3.63, 3.8) is 0 Å². The highest BCUT2D eigenvalue weighted by atomic mass is 35.5. The Kier molecular flexibility index (Phi) is 4.96. The summed E-state index contributed by atoms with van der Waals surface area (Å²) in [6, 6.07) is 0. The van der Waals surface area contributed by atoms with Gasteiger partial charge in [-0.3, -0.25) is 4.79 Å². The van der Waals surface area contributed by atoms with E-state index in [2.05, 4.69) is 5.32 Å². The normalized spacial score (nSPS) is 21.1. The molecule has 1 heterocycles. The maximum Gasteiger partial charge on any atom is 0.237 e. The molecule has 76 valence electrons. The van der Waals surface area contributed by atoms with Crippen LogP contribution in [0.25, 0.3) is 0 Å². The fraction of sp³-hybridized carbons (Fsp3) is 0.889. The fourth-order valence-electron chi connectivity index (χ4n) is 1.34. The van der Waals surface area contributed by atoms with Crippen LogP contribution in [0.2, 0.25) is 0 Å². The molecule has 0 aromatic heterocycles. The number of carbonyl (C=O) groups is 1. The number of alkyl halides is 1. The predicted molar refractivity (Wildman–Crippen MR) is 58.4 cm³/mol. The molecule has 1 aliphatic rings. The second kappa shape index (κ2) is 5.76. The minimum atomic E-state index is -0.405. The molecule has 0 aromatic carbocycles. The van der Waals surface area contributed by atoms with Crippen molar-refractivity contribution >= 4 is 29.3 Å². The molecule has 0 aromatic rings. The second-order valence-electron chi connectivity index (χ2n) is 3.42. The molecule has 1 saturated heterocycles. The molecule has 1 amide bonds. The largest absolute Gasteiger partial charge is 0.355 e. The van der Waals surface area contributed by atoms with Gasteiger partial charge < -0.3 is 5.32 Å². The van der Waals surface area contributed by atoms with Gasteiger partial charge in [-0.1, -0.05) is 0 Å². The maximum absolute atomic E-state index is 11.1. The molecule has 0 spiro atoms. The third kappa shape index (κ3) is 4.23. The molecule has 1 unspecified atom stereocenters. The number of rotatable bonds is 3. The lowest BCUT2D eigenvalue weighted by atomic mass is 10.0. The SMILES string of the molecule is CC(Cl)C(=O)NCC1CCSCC1. The fourth-order valence-corrected chi connectivity index (χ4v) is 2.62. The molecular formula is C9H16ClNOS. The zero-order chi connectivity index (χ0) is 9.68. The lowest BCUT2D eigenvalue weighted by Crippen LogP contribution is -2.34. The van der Waals surface area contributed by atoms with E-state index >= 15 is 0 Å². The summed E-state index contributed by atoms with van der Waals surface area (Å²) in [6.45, 7) is 2.50. The van der Waals surface area contributed by atoms with Crippen molar-refractivity contribution in [1.29, 1.82) is 0 Å². The van der Waals surface area contributed by atoms with Crippen LogP contribution in [0.3, 0.4) is 0 Å². The third-order valence-corrected chi connectivity index (χ3v) is 3.51. The zero-order valence-corrected chi connectivity index (χ0v) is 9.46. The van der Waals surface area contributed by atoms with Gasteiger partial charge in [-0.2, -0.15) is 11.8 Å². The number of hydrogen-bond donors (Lipinski definition) is 1. The third-order valence-electron chi connectivity index (χ3n) is 2.27. The summed E-state index contributed by atoms with van der Waals surface area (Å²) in [5.41, 5.74) is 0. The van der Waals surface area contributed by atoms with E-state index in [1.807, 2.05) is 11.8 Å². The van der Waals surface area contributed by atoms with Gasteiger partial charge in [0.2, 0.25) is 5.91 Å². The van der Waals surface area contributed by atoms with Crippen molar-refractivity contribution in [3.05, 3.63) is 0 Å². The minimum absolute atomic E-state index is 0.0418. The monoisotopic (exact) mass is 221 g/mol. The molecule has 1 rings (SSSR count). The van der Waals surface area contributed by atoms with E-state index in [-0.39, 0.29) is 5.91 Å². The van der Waals surface area contributed by atoms with Crippen LogP contribution in [0.5, 0.6) is 0 Å². The molecular weight excluding hydrogens is 206 g/mol. The summed E-state index contributed by atoms with van der Waals surface area (Å²) < 4.78 is 0. The minimum Gasteiger partial charge on any atom is -0.355 e. The van der Waals surface area contributed by atoms with Gasteiger partial charge in [-0.05, 0) is 37.2 Å². The average molecular weight is 222 g/mol. The number of thioether (sulfide) groups is 1. The number of hydrogen-bond acceptors (Lipinski definition) is 2. The van der Waals surface area contributed by atoms with Crippen LogP contribution in [0, 0.1) is 5.92 Å². The lowest BCUT2D eigenvalue weighted by molar-refractivity contribution is -0.120. The molecule has 1 fully saturated rings. The number of halogens is 1. The summed E-state index contributed by atoms with van der Waals surface area (Å²) in [5, 5.41) is 2.47. The van der Waals surface area contributed by atoms with Crippen molar-refractivity contribution in [1.82, 2.24) is 5.32 Å². The zero-order valence-electron chi connectivity index (χ0n) is 7.88.